The lowest BCUT2D eigenvalue weighted by atomic mass is 9.88. The van der Waals surface area contributed by atoms with E-state index in [1.54, 1.807) is 30.5 Å². The van der Waals surface area contributed by atoms with Crippen molar-refractivity contribution in [3.05, 3.63) is 92.6 Å². The van der Waals surface area contributed by atoms with E-state index in [-0.39, 0.29) is 12.2 Å². The third kappa shape index (κ3) is 3.77. The zero-order valence-electron chi connectivity index (χ0n) is 15.2. The summed E-state index contributed by atoms with van der Waals surface area (Å²) in [5.74, 6) is -0.851. The van der Waals surface area contributed by atoms with Crippen molar-refractivity contribution in [2.75, 3.05) is 4.90 Å². The van der Waals surface area contributed by atoms with Gasteiger partial charge in [0.15, 0.2) is 11.4 Å². The first-order valence-corrected chi connectivity index (χ1v) is 10.5. The van der Waals surface area contributed by atoms with Gasteiger partial charge in [0.2, 0.25) is 0 Å². The summed E-state index contributed by atoms with van der Waals surface area (Å²) in [5.41, 5.74) is 0.366. The fourth-order valence-electron chi connectivity index (χ4n) is 3.49. The number of rotatable bonds is 5. The summed E-state index contributed by atoms with van der Waals surface area (Å²) < 4.78 is 1.67. The summed E-state index contributed by atoms with van der Waals surface area (Å²) in [4.78, 5) is 31.6. The van der Waals surface area contributed by atoms with Crippen molar-refractivity contribution in [2.24, 2.45) is 0 Å². The predicted molar refractivity (Wildman–Crippen MR) is 117 cm³/mol. The Morgan fingerprint density at radius 3 is 2.48 bits per heavy atom. The monoisotopic (exact) mass is 514 g/mol. The molecule has 0 fully saturated rings. The number of ketones is 1. The van der Waals surface area contributed by atoms with Gasteiger partial charge in [0.1, 0.15) is 0 Å². The van der Waals surface area contributed by atoms with E-state index >= 15 is 0 Å². The highest BCUT2D eigenvalue weighted by molar-refractivity contribution is 9.10. The molecule has 0 spiro atoms. The van der Waals surface area contributed by atoms with Crippen molar-refractivity contribution in [3.63, 3.8) is 0 Å². The number of anilines is 1. The minimum atomic E-state index is -1.93. The van der Waals surface area contributed by atoms with Crippen LogP contribution in [0, 0.1) is 0 Å². The number of halogens is 2. The van der Waals surface area contributed by atoms with Gasteiger partial charge in [0, 0.05) is 32.5 Å². The van der Waals surface area contributed by atoms with Crippen molar-refractivity contribution < 1.29 is 14.7 Å². The number of carbonyl (C=O) groups is 2. The maximum absolute atomic E-state index is 13.3. The number of fused-ring (bicyclic) bond motifs is 1. The van der Waals surface area contributed by atoms with Crippen molar-refractivity contribution >= 4 is 49.2 Å². The van der Waals surface area contributed by atoms with E-state index in [0.717, 1.165) is 14.5 Å². The maximum Gasteiger partial charge on any atom is 0.264 e. The molecule has 1 amide bonds. The van der Waals surface area contributed by atoms with Crippen LogP contribution in [0.5, 0.6) is 0 Å². The van der Waals surface area contributed by atoms with Crippen LogP contribution in [0.4, 0.5) is 5.69 Å². The van der Waals surface area contributed by atoms with Crippen LogP contribution in [-0.4, -0.2) is 21.8 Å². The van der Waals surface area contributed by atoms with Crippen LogP contribution in [-0.2, 0) is 16.9 Å². The summed E-state index contributed by atoms with van der Waals surface area (Å²) in [5, 5.41) is 11.4. The second-order valence-electron chi connectivity index (χ2n) is 6.88. The average Bonchev–Trinajstić information content (AvgIpc) is 2.92. The Labute approximate surface area is 184 Å². The lowest BCUT2D eigenvalue weighted by molar-refractivity contribution is -0.136. The minimum absolute atomic E-state index is 0.296. The highest BCUT2D eigenvalue weighted by Gasteiger charge is 2.51. The third-order valence-corrected chi connectivity index (χ3v) is 5.97. The molecule has 146 valence electrons. The van der Waals surface area contributed by atoms with Gasteiger partial charge in [0.25, 0.3) is 5.91 Å². The lowest BCUT2D eigenvalue weighted by Crippen LogP contribution is -2.41. The zero-order chi connectivity index (χ0) is 20.6. The number of Topliss-reactive ketones (excluding diaryl/α,β-unsaturated/α-hetero) is 1. The van der Waals surface area contributed by atoms with Crippen LogP contribution in [0.25, 0.3) is 0 Å². The molecule has 0 bridgehead atoms. The van der Waals surface area contributed by atoms with Gasteiger partial charge in [0.05, 0.1) is 18.7 Å². The summed E-state index contributed by atoms with van der Waals surface area (Å²) >= 11 is 6.80. The maximum atomic E-state index is 13.3. The van der Waals surface area contributed by atoms with Crippen LogP contribution in [0.2, 0.25) is 0 Å². The molecular weight excluding hydrogens is 500 g/mol. The molecule has 0 aliphatic carbocycles. The highest BCUT2D eigenvalue weighted by atomic mass is 79.9. The quantitative estimate of drug-likeness (QED) is 0.503. The van der Waals surface area contributed by atoms with Gasteiger partial charge in [-0.3, -0.25) is 14.6 Å². The molecule has 1 aliphatic rings. The smallest absolute Gasteiger partial charge is 0.264 e. The first-order valence-electron chi connectivity index (χ1n) is 8.90. The normalized spacial score (nSPS) is 18.0. The number of pyridine rings is 1. The van der Waals surface area contributed by atoms with Gasteiger partial charge in [-0.1, -0.05) is 44.0 Å². The van der Waals surface area contributed by atoms with Crippen LogP contribution in [0.15, 0.2) is 75.9 Å². The second-order valence-corrected chi connectivity index (χ2v) is 8.71. The Bertz CT molecular complexity index is 1090. The Balaban J connectivity index is 1.71. The van der Waals surface area contributed by atoms with Gasteiger partial charge in [-0.25, -0.2) is 0 Å². The van der Waals surface area contributed by atoms with E-state index in [1.807, 2.05) is 30.3 Å². The second kappa shape index (κ2) is 7.82. The third-order valence-electron chi connectivity index (χ3n) is 4.95. The van der Waals surface area contributed by atoms with E-state index in [9.17, 15) is 14.7 Å². The molecule has 4 rings (SSSR count). The summed E-state index contributed by atoms with van der Waals surface area (Å²) in [6, 6.07) is 16.2. The minimum Gasteiger partial charge on any atom is -0.375 e. The first kappa shape index (κ1) is 19.9. The number of amides is 1. The van der Waals surface area contributed by atoms with Gasteiger partial charge in [-0.2, -0.15) is 0 Å². The fourth-order valence-corrected chi connectivity index (χ4v) is 4.11. The Hall–Kier alpha value is -2.35. The highest BCUT2D eigenvalue weighted by Crippen LogP contribution is 2.44. The molecule has 1 unspecified atom stereocenters. The van der Waals surface area contributed by atoms with E-state index in [0.29, 0.717) is 23.4 Å². The van der Waals surface area contributed by atoms with E-state index in [4.69, 9.17) is 0 Å². The number of aromatic nitrogens is 1. The van der Waals surface area contributed by atoms with Crippen LogP contribution >= 0.6 is 31.9 Å². The molecule has 5 nitrogen and oxygen atoms in total. The largest absolute Gasteiger partial charge is 0.375 e. The lowest BCUT2D eigenvalue weighted by Gasteiger charge is -2.23. The number of benzene rings is 2. The van der Waals surface area contributed by atoms with Crippen molar-refractivity contribution in [2.45, 2.75) is 18.6 Å². The van der Waals surface area contributed by atoms with Crippen LogP contribution in [0.3, 0.4) is 0 Å². The molecular formula is C22H16Br2N2O3. The van der Waals surface area contributed by atoms with Gasteiger partial charge < -0.3 is 10.0 Å². The number of nitrogens with zero attached hydrogens (tertiary/aromatic N) is 2. The van der Waals surface area contributed by atoms with Gasteiger partial charge in [-0.15, -0.1) is 0 Å². The fraction of sp³-hybridized carbons (Fsp3) is 0.136. The van der Waals surface area contributed by atoms with Gasteiger partial charge in [-0.05, 0) is 48.0 Å². The predicted octanol–water partition coefficient (Wildman–Crippen LogP) is 4.61. The topological polar surface area (TPSA) is 70.5 Å². The first-order chi connectivity index (χ1) is 13.9. The summed E-state index contributed by atoms with van der Waals surface area (Å²) in [6.45, 7) is 0.296. The number of carbonyl (C=O) groups excluding carboxylic acids is 2. The van der Waals surface area contributed by atoms with E-state index < -0.39 is 11.5 Å². The Morgan fingerprint density at radius 1 is 1.07 bits per heavy atom. The van der Waals surface area contributed by atoms with Gasteiger partial charge >= 0.3 is 0 Å². The molecule has 7 heteroatoms. The molecule has 29 heavy (non-hydrogen) atoms. The molecule has 0 saturated heterocycles. The SMILES string of the molecule is O=C(CC1(O)C(=O)N(Cc2ccc(Br)cc2)c2ccc(Br)cc21)c1cccnc1. The average molecular weight is 516 g/mol. The van der Waals surface area contributed by atoms with E-state index in [1.165, 1.54) is 11.1 Å². The Kier molecular flexibility index (Phi) is 5.38. The molecule has 1 N–H and O–H groups in total. The van der Waals surface area contributed by atoms with Crippen LogP contribution in [0.1, 0.15) is 27.9 Å². The van der Waals surface area contributed by atoms with Crippen molar-refractivity contribution in [1.29, 1.82) is 0 Å². The van der Waals surface area contributed by atoms with Crippen molar-refractivity contribution in [1.82, 2.24) is 4.98 Å². The molecule has 1 atom stereocenters. The van der Waals surface area contributed by atoms with Crippen LogP contribution < -0.4 is 4.90 Å². The molecule has 1 aromatic heterocycles. The van der Waals surface area contributed by atoms with E-state index in [2.05, 4.69) is 36.8 Å². The number of aliphatic hydroxyl groups is 1. The zero-order valence-corrected chi connectivity index (χ0v) is 18.4. The summed E-state index contributed by atoms with van der Waals surface area (Å²) in [7, 11) is 0. The Morgan fingerprint density at radius 2 is 1.79 bits per heavy atom. The van der Waals surface area contributed by atoms with Crippen molar-refractivity contribution in [3.8, 4) is 0 Å². The standard InChI is InChI=1S/C22H16Br2N2O3/c23-16-5-3-14(4-6-16)13-26-19-8-7-17(24)10-18(19)22(29,21(26)28)11-20(27)15-2-1-9-25-12-15/h1-10,12,29H,11,13H2. The number of hydrogen-bond donors (Lipinski definition) is 1. The molecule has 3 aromatic rings. The summed E-state index contributed by atoms with van der Waals surface area (Å²) in [6.07, 6.45) is 2.66. The molecule has 1 aliphatic heterocycles. The molecule has 0 saturated carbocycles. The molecule has 0 radical (unpaired) electrons. The molecule has 2 aromatic carbocycles. The number of hydrogen-bond acceptors (Lipinski definition) is 4. The molecule has 2 heterocycles.